The van der Waals surface area contributed by atoms with Gasteiger partial charge in [-0.3, -0.25) is 4.79 Å². The fourth-order valence-corrected chi connectivity index (χ4v) is 2.48. The van der Waals surface area contributed by atoms with Crippen molar-refractivity contribution in [3.05, 3.63) is 11.6 Å². The van der Waals surface area contributed by atoms with Gasteiger partial charge in [0.2, 0.25) is 5.91 Å². The second kappa shape index (κ2) is 4.68. The predicted octanol–water partition coefficient (Wildman–Crippen LogP) is 1.56. The lowest BCUT2D eigenvalue weighted by Crippen LogP contribution is -2.41. The summed E-state index contributed by atoms with van der Waals surface area (Å²) >= 11 is 0. The summed E-state index contributed by atoms with van der Waals surface area (Å²) in [4.78, 5) is 24.6. The molecule has 16 heavy (non-hydrogen) atoms. The van der Waals surface area contributed by atoms with Crippen LogP contribution >= 0.6 is 0 Å². The first kappa shape index (κ1) is 11.2. The molecule has 2 rings (SSSR count). The smallest absolute Gasteiger partial charge is 0.326 e. The number of hydrogen-bond acceptors (Lipinski definition) is 2. The van der Waals surface area contributed by atoms with Crippen molar-refractivity contribution in [3.8, 4) is 0 Å². The normalized spacial score (nSPS) is 25.4. The highest BCUT2D eigenvalue weighted by Crippen LogP contribution is 2.24. The van der Waals surface area contributed by atoms with Gasteiger partial charge in [0.1, 0.15) is 6.04 Å². The molecule has 0 saturated carbocycles. The summed E-state index contributed by atoms with van der Waals surface area (Å²) in [5, 5.41) is 9.02. The third-order valence-corrected chi connectivity index (χ3v) is 3.36. The molecular weight excluding hydrogens is 206 g/mol. The second-order valence-electron chi connectivity index (χ2n) is 4.47. The molecule has 0 spiro atoms. The first-order valence-electron chi connectivity index (χ1n) is 5.93. The minimum Gasteiger partial charge on any atom is -0.480 e. The van der Waals surface area contributed by atoms with Crippen molar-refractivity contribution in [1.29, 1.82) is 0 Å². The van der Waals surface area contributed by atoms with E-state index in [9.17, 15) is 9.59 Å². The third-order valence-electron chi connectivity index (χ3n) is 3.36. The maximum atomic E-state index is 12.1. The minimum atomic E-state index is -0.873. The zero-order valence-corrected chi connectivity index (χ0v) is 9.32. The Morgan fingerprint density at radius 1 is 1.31 bits per heavy atom. The van der Waals surface area contributed by atoms with Gasteiger partial charge in [-0.1, -0.05) is 6.08 Å². The minimum absolute atomic E-state index is 0.0513. The molecule has 1 N–H and O–H groups in total. The van der Waals surface area contributed by atoms with Crippen molar-refractivity contribution in [2.24, 2.45) is 0 Å². The van der Waals surface area contributed by atoms with Crippen molar-refractivity contribution in [2.75, 3.05) is 6.54 Å². The van der Waals surface area contributed by atoms with Gasteiger partial charge in [0, 0.05) is 12.1 Å². The fraction of sp³-hybridized carbons (Fsp3) is 0.667. The zero-order valence-electron chi connectivity index (χ0n) is 9.32. The largest absolute Gasteiger partial charge is 0.480 e. The van der Waals surface area contributed by atoms with E-state index < -0.39 is 12.0 Å². The van der Waals surface area contributed by atoms with Crippen molar-refractivity contribution in [3.63, 3.8) is 0 Å². The van der Waals surface area contributed by atoms with Gasteiger partial charge in [0.25, 0.3) is 0 Å². The number of amides is 1. The molecule has 1 amide bonds. The Balaban J connectivity index is 2.08. The molecule has 2 aliphatic rings. The van der Waals surface area contributed by atoms with Gasteiger partial charge in [-0.25, -0.2) is 4.79 Å². The lowest BCUT2D eigenvalue weighted by atomic mass is 9.98. The van der Waals surface area contributed by atoms with Crippen LogP contribution in [0, 0.1) is 0 Å². The van der Waals surface area contributed by atoms with Crippen LogP contribution in [0.1, 0.15) is 38.5 Å². The first-order chi connectivity index (χ1) is 7.70. The number of carbonyl (C=O) groups is 2. The van der Waals surface area contributed by atoms with Crippen molar-refractivity contribution in [2.45, 2.75) is 44.6 Å². The Labute approximate surface area is 94.9 Å². The molecule has 1 atom stereocenters. The summed E-state index contributed by atoms with van der Waals surface area (Å²) in [6, 6.07) is -0.602. The molecule has 0 aromatic carbocycles. The van der Waals surface area contributed by atoms with Crippen LogP contribution in [0.3, 0.4) is 0 Å². The number of likely N-dealkylation sites (tertiary alicyclic amines) is 1. The fourth-order valence-electron chi connectivity index (χ4n) is 2.48. The maximum absolute atomic E-state index is 12.1. The number of carboxylic acid groups (broad SMARTS) is 1. The van der Waals surface area contributed by atoms with Gasteiger partial charge in [-0.05, 0) is 38.5 Å². The second-order valence-corrected chi connectivity index (χ2v) is 4.47. The van der Waals surface area contributed by atoms with E-state index in [1.807, 2.05) is 6.08 Å². The molecule has 1 aliphatic heterocycles. The average molecular weight is 223 g/mol. The molecule has 4 nitrogen and oxygen atoms in total. The van der Waals surface area contributed by atoms with E-state index in [0.717, 1.165) is 37.7 Å². The Morgan fingerprint density at radius 2 is 2.12 bits per heavy atom. The van der Waals surface area contributed by atoms with Crippen molar-refractivity contribution in [1.82, 2.24) is 4.90 Å². The molecular formula is C12H17NO3. The van der Waals surface area contributed by atoms with E-state index in [1.165, 1.54) is 4.90 Å². The third kappa shape index (κ3) is 2.10. The van der Waals surface area contributed by atoms with E-state index in [-0.39, 0.29) is 5.91 Å². The van der Waals surface area contributed by atoms with E-state index in [1.54, 1.807) is 0 Å². The number of carboxylic acids is 1. The molecule has 1 fully saturated rings. The predicted molar refractivity (Wildman–Crippen MR) is 58.9 cm³/mol. The van der Waals surface area contributed by atoms with Crippen LogP contribution in [0.4, 0.5) is 0 Å². The van der Waals surface area contributed by atoms with Gasteiger partial charge in [0.05, 0.1) is 0 Å². The Morgan fingerprint density at radius 3 is 2.75 bits per heavy atom. The number of nitrogens with zero attached hydrogens (tertiary/aromatic N) is 1. The summed E-state index contributed by atoms with van der Waals surface area (Å²) in [6.07, 6.45) is 7.31. The molecule has 1 heterocycles. The highest BCUT2D eigenvalue weighted by atomic mass is 16.4. The van der Waals surface area contributed by atoms with Crippen LogP contribution in [0.5, 0.6) is 0 Å². The maximum Gasteiger partial charge on any atom is 0.326 e. The monoisotopic (exact) mass is 223 g/mol. The van der Waals surface area contributed by atoms with Gasteiger partial charge in [-0.2, -0.15) is 0 Å². The van der Waals surface area contributed by atoms with Gasteiger partial charge in [0.15, 0.2) is 0 Å². The number of allylic oxidation sites excluding steroid dienone is 1. The Hall–Kier alpha value is -1.32. The Kier molecular flexibility index (Phi) is 3.27. The SMILES string of the molecule is O=C(O)C1CCCN1C(=O)C1=CCCCC1. The molecule has 0 aromatic rings. The summed E-state index contributed by atoms with van der Waals surface area (Å²) in [5.74, 6) is -0.924. The van der Waals surface area contributed by atoms with E-state index in [2.05, 4.69) is 0 Å². The van der Waals surface area contributed by atoms with Crippen molar-refractivity contribution < 1.29 is 14.7 Å². The van der Waals surface area contributed by atoms with Gasteiger partial charge >= 0.3 is 5.97 Å². The highest BCUT2D eigenvalue weighted by molar-refractivity contribution is 5.96. The number of carbonyl (C=O) groups excluding carboxylic acids is 1. The van der Waals surface area contributed by atoms with Crippen LogP contribution in [0.15, 0.2) is 11.6 Å². The first-order valence-corrected chi connectivity index (χ1v) is 5.93. The summed E-state index contributed by atoms with van der Waals surface area (Å²) in [7, 11) is 0. The van der Waals surface area contributed by atoms with Gasteiger partial charge in [-0.15, -0.1) is 0 Å². The lowest BCUT2D eigenvalue weighted by molar-refractivity contribution is -0.146. The van der Waals surface area contributed by atoms with Crippen molar-refractivity contribution >= 4 is 11.9 Å². The molecule has 1 saturated heterocycles. The average Bonchev–Trinajstić information content (AvgIpc) is 2.78. The van der Waals surface area contributed by atoms with E-state index in [0.29, 0.717) is 13.0 Å². The molecule has 0 bridgehead atoms. The zero-order chi connectivity index (χ0) is 11.5. The number of aliphatic carboxylic acids is 1. The van der Waals surface area contributed by atoms with E-state index >= 15 is 0 Å². The molecule has 1 unspecified atom stereocenters. The molecule has 1 aliphatic carbocycles. The van der Waals surface area contributed by atoms with Crippen LogP contribution in [-0.2, 0) is 9.59 Å². The summed E-state index contributed by atoms with van der Waals surface area (Å²) < 4.78 is 0. The summed E-state index contributed by atoms with van der Waals surface area (Å²) in [5.41, 5.74) is 0.819. The topological polar surface area (TPSA) is 57.6 Å². The number of hydrogen-bond donors (Lipinski definition) is 1. The van der Waals surface area contributed by atoms with Crippen LogP contribution in [0.25, 0.3) is 0 Å². The van der Waals surface area contributed by atoms with Gasteiger partial charge < -0.3 is 10.0 Å². The molecule has 4 heteroatoms. The summed E-state index contributed by atoms with van der Waals surface area (Å²) in [6.45, 7) is 0.590. The molecule has 0 radical (unpaired) electrons. The van der Waals surface area contributed by atoms with Crippen LogP contribution in [-0.4, -0.2) is 34.5 Å². The molecule has 88 valence electrons. The standard InChI is InChI=1S/C12H17NO3/c14-11(9-5-2-1-3-6-9)13-8-4-7-10(13)12(15)16/h5,10H,1-4,6-8H2,(H,15,16). The Bertz CT molecular complexity index is 335. The quantitative estimate of drug-likeness (QED) is 0.773. The van der Waals surface area contributed by atoms with Crippen LogP contribution < -0.4 is 0 Å². The molecule has 0 aromatic heterocycles. The lowest BCUT2D eigenvalue weighted by Gasteiger charge is -2.24. The number of rotatable bonds is 2. The highest BCUT2D eigenvalue weighted by Gasteiger charge is 2.35. The van der Waals surface area contributed by atoms with E-state index in [4.69, 9.17) is 5.11 Å². The van der Waals surface area contributed by atoms with Crippen LogP contribution in [0.2, 0.25) is 0 Å².